The van der Waals surface area contributed by atoms with Crippen LogP contribution in [0.4, 0.5) is 11.4 Å². The van der Waals surface area contributed by atoms with Crippen molar-refractivity contribution in [3.05, 3.63) is 48.0 Å². The van der Waals surface area contributed by atoms with E-state index in [4.69, 9.17) is 9.47 Å². The van der Waals surface area contributed by atoms with Crippen molar-refractivity contribution in [1.29, 1.82) is 0 Å². The van der Waals surface area contributed by atoms with Crippen LogP contribution in [0.2, 0.25) is 0 Å². The second-order valence-corrected chi connectivity index (χ2v) is 5.72. The highest BCUT2D eigenvalue weighted by Crippen LogP contribution is 2.32. The monoisotopic (exact) mass is 340 g/mol. The van der Waals surface area contributed by atoms with Crippen LogP contribution in [0.5, 0.6) is 11.5 Å². The number of hydrogen-bond donors (Lipinski definition) is 1. The largest absolute Gasteiger partial charge is 0.492 e. The van der Waals surface area contributed by atoms with Gasteiger partial charge in [0.15, 0.2) is 6.61 Å². The first-order valence-electron chi connectivity index (χ1n) is 8.14. The zero-order valence-corrected chi connectivity index (χ0v) is 14.2. The lowest BCUT2D eigenvalue weighted by atomic mass is 10.1. The van der Waals surface area contributed by atoms with Crippen LogP contribution < -0.4 is 19.7 Å². The van der Waals surface area contributed by atoms with E-state index >= 15 is 0 Å². The second-order valence-electron chi connectivity index (χ2n) is 5.72. The Labute approximate surface area is 146 Å². The number of para-hydroxylation sites is 2. The average Bonchev–Trinajstić information content (AvgIpc) is 2.59. The lowest BCUT2D eigenvalue weighted by Crippen LogP contribution is -2.43. The number of fused-ring (bicyclic) bond motifs is 1. The third-order valence-electron chi connectivity index (χ3n) is 3.82. The van der Waals surface area contributed by atoms with E-state index in [9.17, 15) is 9.59 Å². The molecule has 2 aromatic carbocycles. The van der Waals surface area contributed by atoms with Gasteiger partial charge in [0.2, 0.25) is 5.91 Å². The van der Waals surface area contributed by atoms with Crippen molar-refractivity contribution in [2.24, 2.45) is 0 Å². The molecule has 1 N–H and O–H groups in total. The van der Waals surface area contributed by atoms with Crippen molar-refractivity contribution in [1.82, 2.24) is 0 Å². The molecular formula is C19H20N2O4. The Morgan fingerprint density at radius 2 is 2.08 bits per heavy atom. The molecule has 6 nitrogen and oxygen atoms in total. The molecule has 0 bridgehead atoms. The van der Waals surface area contributed by atoms with Gasteiger partial charge in [0, 0.05) is 0 Å². The molecule has 0 saturated heterocycles. The summed E-state index contributed by atoms with van der Waals surface area (Å²) in [7, 11) is 0. The van der Waals surface area contributed by atoms with Gasteiger partial charge >= 0.3 is 0 Å². The molecule has 1 heterocycles. The minimum absolute atomic E-state index is 0.0702. The molecule has 1 aliphatic heterocycles. The summed E-state index contributed by atoms with van der Waals surface area (Å²) < 4.78 is 11.0. The molecule has 25 heavy (non-hydrogen) atoms. The van der Waals surface area contributed by atoms with Crippen LogP contribution in [-0.2, 0) is 9.59 Å². The first-order valence-corrected chi connectivity index (χ1v) is 8.14. The van der Waals surface area contributed by atoms with Gasteiger partial charge in [-0.15, -0.1) is 0 Å². The van der Waals surface area contributed by atoms with Gasteiger partial charge in [-0.25, -0.2) is 0 Å². The lowest BCUT2D eigenvalue weighted by molar-refractivity contribution is -0.123. The van der Waals surface area contributed by atoms with Gasteiger partial charge in [0.1, 0.15) is 18.0 Å². The number of nitrogens with one attached hydrogen (secondary N) is 1. The highest BCUT2D eigenvalue weighted by molar-refractivity contribution is 6.05. The Morgan fingerprint density at radius 3 is 2.88 bits per heavy atom. The van der Waals surface area contributed by atoms with E-state index in [1.54, 1.807) is 18.2 Å². The molecular weight excluding hydrogens is 320 g/mol. The Kier molecular flexibility index (Phi) is 4.88. The van der Waals surface area contributed by atoms with E-state index in [2.05, 4.69) is 5.32 Å². The molecule has 6 heteroatoms. The number of carbonyl (C=O) groups excluding carboxylic acids is 2. The molecule has 3 rings (SSSR count). The number of ether oxygens (including phenoxy) is 2. The van der Waals surface area contributed by atoms with Crippen molar-refractivity contribution in [3.8, 4) is 11.5 Å². The summed E-state index contributed by atoms with van der Waals surface area (Å²) in [5.41, 5.74) is 2.22. The number of carbonyl (C=O) groups is 2. The maximum absolute atomic E-state index is 12.5. The standard InChI is InChI=1S/C19H20N2O4/c1-3-24-16-7-5-4-6-14(16)20-18(22)11-21-15-9-8-13(2)10-17(15)25-12-19(21)23/h4-10H,3,11-12H2,1-2H3,(H,20,22). The van der Waals surface area contributed by atoms with E-state index in [0.717, 1.165) is 5.56 Å². The summed E-state index contributed by atoms with van der Waals surface area (Å²) in [6, 6.07) is 12.7. The minimum atomic E-state index is -0.297. The van der Waals surface area contributed by atoms with Crippen LogP contribution >= 0.6 is 0 Å². The fraction of sp³-hybridized carbons (Fsp3) is 0.263. The smallest absolute Gasteiger partial charge is 0.265 e. The van der Waals surface area contributed by atoms with Gasteiger partial charge < -0.3 is 14.8 Å². The van der Waals surface area contributed by atoms with E-state index < -0.39 is 0 Å². The molecule has 2 aromatic rings. The van der Waals surface area contributed by atoms with Crippen LogP contribution in [0.15, 0.2) is 42.5 Å². The number of rotatable bonds is 5. The van der Waals surface area contributed by atoms with Crippen molar-refractivity contribution in [3.63, 3.8) is 0 Å². The average molecular weight is 340 g/mol. The van der Waals surface area contributed by atoms with Gasteiger partial charge in [0.05, 0.1) is 18.0 Å². The predicted octanol–water partition coefficient (Wildman–Crippen LogP) is 2.76. The zero-order valence-electron chi connectivity index (χ0n) is 14.2. The van der Waals surface area contributed by atoms with Crippen molar-refractivity contribution in [2.75, 3.05) is 30.0 Å². The van der Waals surface area contributed by atoms with Crippen LogP contribution in [0.3, 0.4) is 0 Å². The maximum Gasteiger partial charge on any atom is 0.265 e. The normalized spacial score (nSPS) is 13.0. The van der Waals surface area contributed by atoms with Gasteiger partial charge in [-0.3, -0.25) is 14.5 Å². The first kappa shape index (κ1) is 16.8. The third-order valence-corrected chi connectivity index (χ3v) is 3.82. The molecule has 0 spiro atoms. The summed E-state index contributed by atoms with van der Waals surface area (Å²) in [6.45, 7) is 4.17. The number of hydrogen-bond acceptors (Lipinski definition) is 4. The van der Waals surface area contributed by atoms with Gasteiger partial charge in [-0.1, -0.05) is 18.2 Å². The van der Waals surface area contributed by atoms with Crippen LogP contribution in [0.1, 0.15) is 12.5 Å². The van der Waals surface area contributed by atoms with Crippen LogP contribution in [0, 0.1) is 6.92 Å². The van der Waals surface area contributed by atoms with Gasteiger partial charge in [-0.05, 0) is 43.7 Å². The highest BCUT2D eigenvalue weighted by atomic mass is 16.5. The number of anilines is 2. The van der Waals surface area contributed by atoms with Crippen molar-refractivity contribution >= 4 is 23.2 Å². The van der Waals surface area contributed by atoms with Crippen LogP contribution in [0.25, 0.3) is 0 Å². The number of amides is 2. The molecule has 0 aromatic heterocycles. The number of nitrogens with zero attached hydrogens (tertiary/aromatic N) is 1. The highest BCUT2D eigenvalue weighted by Gasteiger charge is 2.27. The summed E-state index contributed by atoms with van der Waals surface area (Å²) in [5, 5.41) is 2.81. The van der Waals surface area contributed by atoms with E-state index in [0.29, 0.717) is 29.5 Å². The minimum Gasteiger partial charge on any atom is -0.492 e. The van der Waals surface area contributed by atoms with Crippen molar-refractivity contribution < 1.29 is 19.1 Å². The van der Waals surface area contributed by atoms with Gasteiger partial charge in [-0.2, -0.15) is 0 Å². The Morgan fingerprint density at radius 1 is 1.28 bits per heavy atom. The molecule has 0 fully saturated rings. The van der Waals surface area contributed by atoms with E-state index in [1.807, 2.05) is 38.1 Å². The maximum atomic E-state index is 12.5. The zero-order chi connectivity index (χ0) is 17.8. The summed E-state index contributed by atoms with van der Waals surface area (Å²) in [6.07, 6.45) is 0. The molecule has 0 radical (unpaired) electrons. The molecule has 130 valence electrons. The van der Waals surface area contributed by atoms with E-state index in [1.165, 1.54) is 4.90 Å². The van der Waals surface area contributed by atoms with Crippen LogP contribution in [-0.4, -0.2) is 31.6 Å². The molecule has 0 aliphatic carbocycles. The topological polar surface area (TPSA) is 67.9 Å². The molecule has 2 amide bonds. The molecule has 0 unspecified atom stereocenters. The van der Waals surface area contributed by atoms with E-state index in [-0.39, 0.29) is 25.0 Å². The number of aryl methyl sites for hydroxylation is 1. The summed E-state index contributed by atoms with van der Waals surface area (Å²) >= 11 is 0. The summed E-state index contributed by atoms with van der Waals surface area (Å²) in [5.74, 6) is 0.670. The molecule has 1 aliphatic rings. The Hall–Kier alpha value is -3.02. The first-order chi connectivity index (χ1) is 12.1. The lowest BCUT2D eigenvalue weighted by Gasteiger charge is -2.29. The van der Waals surface area contributed by atoms with Crippen molar-refractivity contribution in [2.45, 2.75) is 13.8 Å². The fourth-order valence-electron chi connectivity index (χ4n) is 2.67. The predicted molar refractivity (Wildman–Crippen MR) is 95.3 cm³/mol. The molecule has 0 saturated carbocycles. The van der Waals surface area contributed by atoms with Gasteiger partial charge in [0.25, 0.3) is 5.91 Å². The SMILES string of the molecule is CCOc1ccccc1NC(=O)CN1C(=O)COc2cc(C)ccc21. The molecule has 0 atom stereocenters. The second kappa shape index (κ2) is 7.25. The summed E-state index contributed by atoms with van der Waals surface area (Å²) in [4.78, 5) is 26.1. The third kappa shape index (κ3) is 3.74. The Balaban J connectivity index is 1.76. The quantitative estimate of drug-likeness (QED) is 0.909. The fourth-order valence-corrected chi connectivity index (χ4v) is 2.67. The number of benzene rings is 2. The Bertz CT molecular complexity index is 804.